The third-order valence-corrected chi connectivity index (χ3v) is 4.40. The number of carbonyl (C=O) groups is 2. The molecule has 0 fully saturated rings. The topological polar surface area (TPSA) is 84.2 Å². The number of para-hydroxylation sites is 1. The molecule has 0 aliphatic heterocycles. The molecule has 0 aliphatic rings. The summed E-state index contributed by atoms with van der Waals surface area (Å²) in [6.45, 7) is 3.77. The number of hydrogen-bond donors (Lipinski definition) is 3. The van der Waals surface area contributed by atoms with Crippen LogP contribution in [0.1, 0.15) is 12.5 Å². The van der Waals surface area contributed by atoms with Crippen molar-refractivity contribution in [1.29, 1.82) is 0 Å². The average molecular weight is 343 g/mol. The maximum Gasteiger partial charge on any atom is 0.246 e. The summed E-state index contributed by atoms with van der Waals surface area (Å²) < 4.78 is 0. The van der Waals surface area contributed by atoms with Gasteiger partial charge in [0.05, 0.1) is 5.75 Å². The minimum Gasteiger partial charge on any atom is -0.373 e. The Kier molecular flexibility index (Phi) is 6.26. The minimum atomic E-state index is -0.430. The van der Waals surface area contributed by atoms with Gasteiger partial charge in [-0.2, -0.15) is 0 Å². The molecule has 6 heteroatoms. The fraction of sp³-hybridized carbons (Fsp3) is 0.222. The SMILES string of the molecule is Cc1cccc(NC(=O)[C@H](C)Nc2ccccc2SCC(N)=O)c1. The molecular formula is C18H21N3O2S. The van der Waals surface area contributed by atoms with Crippen LogP contribution in [-0.2, 0) is 9.59 Å². The van der Waals surface area contributed by atoms with E-state index in [0.29, 0.717) is 0 Å². The largest absolute Gasteiger partial charge is 0.373 e. The van der Waals surface area contributed by atoms with E-state index in [2.05, 4.69) is 10.6 Å². The Morgan fingerprint density at radius 2 is 1.92 bits per heavy atom. The van der Waals surface area contributed by atoms with E-state index in [9.17, 15) is 9.59 Å². The summed E-state index contributed by atoms with van der Waals surface area (Å²) in [6.07, 6.45) is 0. The van der Waals surface area contributed by atoms with Gasteiger partial charge in [0.25, 0.3) is 0 Å². The first-order valence-corrected chi connectivity index (χ1v) is 8.58. The van der Waals surface area contributed by atoms with Crippen molar-refractivity contribution in [3.05, 3.63) is 54.1 Å². The molecule has 5 nitrogen and oxygen atoms in total. The van der Waals surface area contributed by atoms with Crippen LogP contribution in [0.5, 0.6) is 0 Å². The van der Waals surface area contributed by atoms with Crippen LogP contribution >= 0.6 is 11.8 Å². The number of aryl methyl sites for hydroxylation is 1. The first-order valence-electron chi connectivity index (χ1n) is 7.60. The van der Waals surface area contributed by atoms with E-state index < -0.39 is 6.04 Å². The summed E-state index contributed by atoms with van der Waals surface area (Å²) in [5.41, 5.74) is 7.85. The molecule has 24 heavy (non-hydrogen) atoms. The smallest absolute Gasteiger partial charge is 0.246 e. The van der Waals surface area contributed by atoms with Crippen LogP contribution < -0.4 is 16.4 Å². The van der Waals surface area contributed by atoms with Gasteiger partial charge in [0.1, 0.15) is 6.04 Å². The van der Waals surface area contributed by atoms with Crippen molar-refractivity contribution < 1.29 is 9.59 Å². The molecule has 2 amide bonds. The standard InChI is InChI=1S/C18H21N3O2S/c1-12-6-5-7-14(10-12)21-18(23)13(2)20-15-8-3-4-9-16(15)24-11-17(19)22/h3-10,13,20H,11H2,1-2H3,(H2,19,22)(H,21,23)/t13-/m0/s1. The quantitative estimate of drug-likeness (QED) is 0.675. The van der Waals surface area contributed by atoms with Gasteiger partial charge in [-0.3, -0.25) is 9.59 Å². The maximum atomic E-state index is 12.4. The van der Waals surface area contributed by atoms with Crippen molar-refractivity contribution >= 4 is 35.0 Å². The van der Waals surface area contributed by atoms with Crippen LogP contribution in [0.3, 0.4) is 0 Å². The van der Waals surface area contributed by atoms with Gasteiger partial charge in [-0.05, 0) is 43.7 Å². The van der Waals surface area contributed by atoms with Crippen molar-refractivity contribution in [2.24, 2.45) is 5.73 Å². The number of anilines is 2. The maximum absolute atomic E-state index is 12.4. The number of nitrogens with two attached hydrogens (primary N) is 1. The second-order valence-corrected chi connectivity index (χ2v) is 6.49. The predicted octanol–water partition coefficient (Wildman–Crippen LogP) is 3.01. The molecule has 2 aromatic rings. The van der Waals surface area contributed by atoms with E-state index in [0.717, 1.165) is 21.8 Å². The normalized spacial score (nSPS) is 11.6. The third-order valence-electron chi connectivity index (χ3n) is 3.31. The lowest BCUT2D eigenvalue weighted by Crippen LogP contribution is -2.32. The van der Waals surface area contributed by atoms with E-state index in [1.54, 1.807) is 6.92 Å². The molecule has 0 bridgehead atoms. The van der Waals surface area contributed by atoms with Crippen LogP contribution in [-0.4, -0.2) is 23.6 Å². The first kappa shape index (κ1) is 17.9. The molecule has 0 saturated heterocycles. The van der Waals surface area contributed by atoms with Gasteiger partial charge in [-0.1, -0.05) is 24.3 Å². The Morgan fingerprint density at radius 3 is 2.62 bits per heavy atom. The highest BCUT2D eigenvalue weighted by molar-refractivity contribution is 8.00. The Bertz CT molecular complexity index is 734. The highest BCUT2D eigenvalue weighted by atomic mass is 32.2. The lowest BCUT2D eigenvalue weighted by atomic mass is 10.2. The molecule has 0 aromatic heterocycles. The number of amides is 2. The van der Waals surface area contributed by atoms with Gasteiger partial charge in [-0.15, -0.1) is 11.8 Å². The molecule has 0 unspecified atom stereocenters. The summed E-state index contributed by atoms with van der Waals surface area (Å²) in [7, 11) is 0. The van der Waals surface area contributed by atoms with Gasteiger partial charge < -0.3 is 16.4 Å². The zero-order valence-electron chi connectivity index (χ0n) is 13.7. The second-order valence-electron chi connectivity index (χ2n) is 5.48. The highest BCUT2D eigenvalue weighted by Crippen LogP contribution is 2.27. The van der Waals surface area contributed by atoms with Crippen molar-refractivity contribution in [3.8, 4) is 0 Å². The molecule has 0 spiro atoms. The van der Waals surface area contributed by atoms with Crippen molar-refractivity contribution in [2.45, 2.75) is 24.8 Å². The number of nitrogens with one attached hydrogen (secondary N) is 2. The van der Waals surface area contributed by atoms with Crippen molar-refractivity contribution in [2.75, 3.05) is 16.4 Å². The molecule has 126 valence electrons. The van der Waals surface area contributed by atoms with Crippen molar-refractivity contribution in [1.82, 2.24) is 0 Å². The number of hydrogen-bond acceptors (Lipinski definition) is 4. The number of benzene rings is 2. The van der Waals surface area contributed by atoms with Crippen LogP contribution in [0.15, 0.2) is 53.4 Å². The summed E-state index contributed by atoms with van der Waals surface area (Å²) in [6, 6.07) is 14.7. The second kappa shape index (κ2) is 8.40. The molecule has 0 heterocycles. The van der Waals surface area contributed by atoms with E-state index in [1.165, 1.54) is 11.8 Å². The molecular weight excluding hydrogens is 322 g/mol. The minimum absolute atomic E-state index is 0.129. The molecule has 4 N–H and O–H groups in total. The van der Waals surface area contributed by atoms with Crippen LogP contribution in [0, 0.1) is 6.92 Å². The van der Waals surface area contributed by atoms with E-state index in [4.69, 9.17) is 5.73 Å². The van der Waals surface area contributed by atoms with E-state index >= 15 is 0 Å². The Labute approximate surface area is 146 Å². The summed E-state index contributed by atoms with van der Waals surface area (Å²) in [5.74, 6) is -0.307. The third kappa shape index (κ3) is 5.31. The number of primary amides is 1. The van der Waals surface area contributed by atoms with Gasteiger partial charge in [-0.25, -0.2) is 0 Å². The Morgan fingerprint density at radius 1 is 1.17 bits per heavy atom. The molecule has 2 rings (SSSR count). The number of rotatable bonds is 7. The van der Waals surface area contributed by atoms with Gasteiger partial charge in [0, 0.05) is 16.3 Å². The summed E-state index contributed by atoms with van der Waals surface area (Å²) in [4.78, 5) is 24.2. The van der Waals surface area contributed by atoms with Crippen molar-refractivity contribution in [3.63, 3.8) is 0 Å². The molecule has 0 aliphatic carbocycles. The van der Waals surface area contributed by atoms with E-state index in [-0.39, 0.29) is 17.6 Å². The molecule has 0 saturated carbocycles. The van der Waals surface area contributed by atoms with Gasteiger partial charge in [0.2, 0.25) is 11.8 Å². The zero-order chi connectivity index (χ0) is 17.5. The molecule has 1 atom stereocenters. The zero-order valence-corrected chi connectivity index (χ0v) is 14.5. The molecule has 0 radical (unpaired) electrons. The van der Waals surface area contributed by atoms with Gasteiger partial charge in [0.15, 0.2) is 0 Å². The predicted molar refractivity (Wildman–Crippen MR) is 99.3 cm³/mol. The lowest BCUT2D eigenvalue weighted by molar-refractivity contribution is -0.117. The number of thioether (sulfide) groups is 1. The lowest BCUT2D eigenvalue weighted by Gasteiger charge is -2.17. The number of carbonyl (C=O) groups excluding carboxylic acids is 2. The Hall–Kier alpha value is -2.47. The summed E-state index contributed by atoms with van der Waals surface area (Å²) >= 11 is 1.35. The van der Waals surface area contributed by atoms with E-state index in [1.807, 2.05) is 55.5 Å². The average Bonchev–Trinajstić information content (AvgIpc) is 2.54. The van der Waals surface area contributed by atoms with Crippen LogP contribution in [0.2, 0.25) is 0 Å². The van der Waals surface area contributed by atoms with Gasteiger partial charge >= 0.3 is 0 Å². The van der Waals surface area contributed by atoms with Crippen LogP contribution in [0.25, 0.3) is 0 Å². The van der Waals surface area contributed by atoms with Crippen LogP contribution in [0.4, 0.5) is 11.4 Å². The summed E-state index contributed by atoms with van der Waals surface area (Å²) in [5, 5.41) is 6.07. The monoisotopic (exact) mass is 343 g/mol. The molecule has 2 aromatic carbocycles. The Balaban J connectivity index is 2.02. The highest BCUT2D eigenvalue weighted by Gasteiger charge is 2.15. The fourth-order valence-corrected chi connectivity index (χ4v) is 2.89. The fourth-order valence-electron chi connectivity index (χ4n) is 2.13. The first-order chi connectivity index (χ1) is 11.5.